The zero-order valence-corrected chi connectivity index (χ0v) is 22.6. The number of hydrogen-bond donors (Lipinski definition) is 3. The molecule has 0 saturated carbocycles. The molecule has 2 amide bonds. The zero-order valence-electron chi connectivity index (χ0n) is 21.9. The Bertz CT molecular complexity index is 1620. The van der Waals surface area contributed by atoms with Crippen LogP contribution in [0.2, 0.25) is 0 Å². The lowest BCUT2D eigenvalue weighted by Crippen LogP contribution is -2.40. The number of hydrogen-bond acceptors (Lipinski definition) is 6. The van der Waals surface area contributed by atoms with E-state index in [1.54, 1.807) is 42.2 Å². The molecule has 0 bridgehead atoms. The topological polar surface area (TPSA) is 120 Å². The number of phenols is 1. The predicted molar refractivity (Wildman–Crippen MR) is 148 cm³/mol. The van der Waals surface area contributed by atoms with Gasteiger partial charge in [-0.25, -0.2) is 0 Å². The summed E-state index contributed by atoms with van der Waals surface area (Å²) < 4.78 is 16.5. The number of morpholine rings is 1. The molecule has 1 atom stereocenters. The van der Waals surface area contributed by atoms with Crippen LogP contribution >= 0.6 is 11.6 Å². The average molecular weight is 553 g/mol. The Morgan fingerprint density at radius 3 is 2.41 bits per heavy atom. The van der Waals surface area contributed by atoms with Crippen LogP contribution in [-0.4, -0.2) is 84.7 Å². The summed E-state index contributed by atoms with van der Waals surface area (Å²) in [6.07, 6.45) is 0. The Morgan fingerprint density at radius 2 is 1.72 bits per heavy atom. The Kier molecular flexibility index (Phi) is 6.31. The fourth-order valence-corrected chi connectivity index (χ4v) is 6.04. The molecule has 0 radical (unpaired) electrons. The lowest BCUT2D eigenvalue weighted by atomic mass is 9.98. The molecule has 6 rings (SSSR count). The van der Waals surface area contributed by atoms with Crippen LogP contribution in [0.1, 0.15) is 38.0 Å². The van der Waals surface area contributed by atoms with Gasteiger partial charge in [-0.15, -0.1) is 11.6 Å². The molecule has 10 nitrogen and oxygen atoms in total. The van der Waals surface area contributed by atoms with Crippen LogP contribution in [0.25, 0.3) is 21.8 Å². The highest BCUT2D eigenvalue weighted by atomic mass is 35.5. The number of phenolic OH excluding ortho intramolecular Hbond substituents is 1. The second-order valence-electron chi connectivity index (χ2n) is 9.88. The van der Waals surface area contributed by atoms with Crippen LogP contribution in [0.5, 0.6) is 17.2 Å². The van der Waals surface area contributed by atoms with E-state index in [4.69, 9.17) is 25.8 Å². The number of benzene rings is 2. The molecule has 4 aromatic rings. The van der Waals surface area contributed by atoms with E-state index in [0.717, 1.165) is 16.5 Å². The van der Waals surface area contributed by atoms with Crippen molar-refractivity contribution in [2.75, 3.05) is 57.8 Å². The molecule has 11 heteroatoms. The number of amides is 2. The second-order valence-corrected chi connectivity index (χ2v) is 10.2. The Morgan fingerprint density at radius 1 is 1.03 bits per heavy atom. The molecule has 3 N–H and O–H groups in total. The Hall–Kier alpha value is -3.89. The number of methoxy groups -OCH3 is 2. The molecule has 0 spiro atoms. The minimum atomic E-state index is -0.266. The summed E-state index contributed by atoms with van der Waals surface area (Å²) in [6, 6.07) is 7.04. The highest BCUT2D eigenvalue weighted by Crippen LogP contribution is 2.46. The highest BCUT2D eigenvalue weighted by molar-refractivity contribution is 6.19. The van der Waals surface area contributed by atoms with Gasteiger partial charge in [0, 0.05) is 48.3 Å². The van der Waals surface area contributed by atoms with E-state index >= 15 is 0 Å². The number of ether oxygens (including phenoxy) is 3. The van der Waals surface area contributed by atoms with Gasteiger partial charge >= 0.3 is 0 Å². The number of aromatic nitrogens is 2. The number of nitrogens with one attached hydrogen (secondary N) is 2. The Labute approximate surface area is 229 Å². The first-order chi connectivity index (χ1) is 18.9. The number of aryl methyl sites for hydroxylation is 1. The highest BCUT2D eigenvalue weighted by Gasteiger charge is 2.36. The number of halogens is 1. The van der Waals surface area contributed by atoms with E-state index in [-0.39, 0.29) is 29.4 Å². The first-order valence-electron chi connectivity index (χ1n) is 12.7. The summed E-state index contributed by atoms with van der Waals surface area (Å²) in [7, 11) is 3.14. The Balaban J connectivity index is 1.42. The molecule has 0 aliphatic carbocycles. The zero-order chi connectivity index (χ0) is 27.4. The van der Waals surface area contributed by atoms with Gasteiger partial charge in [-0.3, -0.25) is 9.59 Å². The SMILES string of the molecule is COc1c(C)cc2cc(C(=O)N3C[C@@H](CCl)c4c3cc(O)c3[nH]c(C(=O)N5CCOCC5)cc43)[nH]c2c1OC. The van der Waals surface area contributed by atoms with E-state index in [0.29, 0.717) is 77.8 Å². The van der Waals surface area contributed by atoms with Gasteiger partial charge in [-0.05, 0) is 36.2 Å². The number of alkyl halides is 1. The molecule has 2 aliphatic heterocycles. The van der Waals surface area contributed by atoms with Crippen LogP contribution in [-0.2, 0) is 4.74 Å². The normalized spacial score (nSPS) is 17.2. The quantitative estimate of drug-likeness (QED) is 0.320. The summed E-state index contributed by atoms with van der Waals surface area (Å²) in [6.45, 7) is 4.24. The summed E-state index contributed by atoms with van der Waals surface area (Å²) in [5.41, 5.74) is 4.14. The third-order valence-corrected chi connectivity index (χ3v) is 8.00. The number of nitrogens with zero attached hydrogens (tertiary/aromatic N) is 2. The second kappa shape index (κ2) is 9.69. The number of aromatic amines is 2. The maximum atomic E-state index is 13.9. The van der Waals surface area contributed by atoms with Gasteiger partial charge in [-0.2, -0.15) is 0 Å². The summed E-state index contributed by atoms with van der Waals surface area (Å²) in [5, 5.41) is 12.5. The maximum Gasteiger partial charge on any atom is 0.274 e. The van der Waals surface area contributed by atoms with Gasteiger partial charge in [-0.1, -0.05) is 0 Å². The smallest absolute Gasteiger partial charge is 0.274 e. The van der Waals surface area contributed by atoms with Crippen molar-refractivity contribution in [1.29, 1.82) is 0 Å². The standard InChI is InChI=1S/C28H29ClN4O6/c1-14-8-15-9-18(30-23(15)26(38-3)25(14)37-2)28(36)33-13-16(12-29)22-17-10-19(27(35)32-4-6-39-7-5-32)31-24(17)21(34)11-20(22)33/h8-11,16,30-31,34H,4-7,12-13H2,1-3H3/t16-/m1/s1. The van der Waals surface area contributed by atoms with E-state index in [1.165, 1.54) is 0 Å². The van der Waals surface area contributed by atoms with Crippen molar-refractivity contribution in [3.8, 4) is 17.2 Å². The summed E-state index contributed by atoms with van der Waals surface area (Å²) in [5.74, 6) is 0.740. The van der Waals surface area contributed by atoms with Crippen molar-refractivity contribution in [2.45, 2.75) is 12.8 Å². The minimum Gasteiger partial charge on any atom is -0.506 e. The summed E-state index contributed by atoms with van der Waals surface area (Å²) in [4.78, 5) is 36.7. The van der Waals surface area contributed by atoms with Gasteiger partial charge in [0.15, 0.2) is 11.5 Å². The third-order valence-electron chi connectivity index (χ3n) is 7.63. The molecule has 1 saturated heterocycles. The monoisotopic (exact) mass is 552 g/mol. The third kappa shape index (κ3) is 3.97. The fraction of sp³-hybridized carbons (Fsp3) is 0.357. The predicted octanol–water partition coefficient (Wildman–Crippen LogP) is 4.14. The number of fused-ring (bicyclic) bond motifs is 4. The summed E-state index contributed by atoms with van der Waals surface area (Å²) >= 11 is 6.40. The first-order valence-corrected chi connectivity index (χ1v) is 13.3. The largest absolute Gasteiger partial charge is 0.506 e. The molecule has 204 valence electrons. The number of aromatic hydroxyl groups is 1. The van der Waals surface area contributed by atoms with Crippen LogP contribution in [0.4, 0.5) is 5.69 Å². The van der Waals surface area contributed by atoms with Gasteiger partial charge < -0.3 is 39.1 Å². The number of anilines is 1. The van der Waals surface area contributed by atoms with Crippen LogP contribution in [0.15, 0.2) is 24.3 Å². The fourth-order valence-electron chi connectivity index (χ4n) is 5.79. The first kappa shape index (κ1) is 25.4. The van der Waals surface area contributed by atoms with Crippen LogP contribution in [0, 0.1) is 6.92 Å². The van der Waals surface area contributed by atoms with Gasteiger partial charge in [0.05, 0.1) is 44.2 Å². The van der Waals surface area contributed by atoms with E-state index < -0.39 is 0 Å². The lowest BCUT2D eigenvalue weighted by molar-refractivity contribution is 0.0299. The average Bonchev–Trinajstić information content (AvgIpc) is 3.67. The van der Waals surface area contributed by atoms with Crippen molar-refractivity contribution in [2.24, 2.45) is 0 Å². The van der Waals surface area contributed by atoms with Crippen molar-refractivity contribution < 1.29 is 28.9 Å². The van der Waals surface area contributed by atoms with E-state index in [9.17, 15) is 14.7 Å². The van der Waals surface area contributed by atoms with Crippen LogP contribution in [0.3, 0.4) is 0 Å². The van der Waals surface area contributed by atoms with Crippen molar-refractivity contribution >= 4 is 50.9 Å². The molecule has 4 heterocycles. The number of rotatable bonds is 5. The molecule has 2 aromatic heterocycles. The van der Waals surface area contributed by atoms with Crippen LogP contribution < -0.4 is 14.4 Å². The number of H-pyrrole nitrogens is 2. The van der Waals surface area contributed by atoms with Crippen molar-refractivity contribution in [3.63, 3.8) is 0 Å². The van der Waals surface area contributed by atoms with E-state index in [2.05, 4.69) is 9.97 Å². The molecule has 39 heavy (non-hydrogen) atoms. The minimum absolute atomic E-state index is 0.0449. The van der Waals surface area contributed by atoms with E-state index in [1.807, 2.05) is 13.0 Å². The maximum absolute atomic E-state index is 13.9. The van der Waals surface area contributed by atoms with Gasteiger partial charge in [0.2, 0.25) is 0 Å². The number of carbonyl (C=O) groups is 2. The van der Waals surface area contributed by atoms with Crippen molar-refractivity contribution in [3.05, 3.63) is 46.8 Å². The molecular weight excluding hydrogens is 524 g/mol. The molecule has 2 aromatic carbocycles. The van der Waals surface area contributed by atoms with Gasteiger partial charge in [0.25, 0.3) is 11.8 Å². The molecule has 2 aliphatic rings. The lowest BCUT2D eigenvalue weighted by Gasteiger charge is -2.26. The van der Waals surface area contributed by atoms with Gasteiger partial charge in [0.1, 0.15) is 17.1 Å². The van der Waals surface area contributed by atoms with Crippen molar-refractivity contribution in [1.82, 2.24) is 14.9 Å². The molecular formula is C28H29ClN4O6. The molecule has 0 unspecified atom stereocenters. The molecule has 1 fully saturated rings. The number of carbonyl (C=O) groups excluding carboxylic acids is 2.